The second-order valence-corrected chi connectivity index (χ2v) is 7.26. The van der Waals surface area contributed by atoms with Gasteiger partial charge >= 0.3 is 0 Å². The van der Waals surface area contributed by atoms with Crippen LogP contribution in [0.2, 0.25) is 5.02 Å². The average molecular weight is 431 g/mol. The predicted molar refractivity (Wildman–Crippen MR) is 113 cm³/mol. The maximum atomic E-state index is 12.7. The van der Waals surface area contributed by atoms with Crippen LogP contribution in [0.5, 0.6) is 0 Å². The fourth-order valence-electron chi connectivity index (χ4n) is 3.07. The van der Waals surface area contributed by atoms with Crippen LogP contribution in [-0.2, 0) is 11.3 Å². The third-order valence-corrected chi connectivity index (χ3v) is 4.74. The molecule has 0 radical (unpaired) electrons. The third kappa shape index (κ3) is 5.48. The van der Waals surface area contributed by atoms with Crippen molar-refractivity contribution in [1.29, 1.82) is 0 Å². The fourth-order valence-corrected chi connectivity index (χ4v) is 3.24. The Balaban J connectivity index is 1.59. The Bertz CT molecular complexity index is 1080. The lowest BCUT2D eigenvalue weighted by Crippen LogP contribution is -2.33. The van der Waals surface area contributed by atoms with E-state index in [4.69, 9.17) is 16.0 Å². The summed E-state index contributed by atoms with van der Waals surface area (Å²) in [5, 5.41) is 3.66. The van der Waals surface area contributed by atoms with Crippen molar-refractivity contribution in [3.8, 4) is 0 Å². The highest BCUT2D eigenvalue weighted by atomic mass is 35.5. The Morgan fingerprint density at radius 1 is 1.30 bits per heavy atom. The third-order valence-electron chi connectivity index (χ3n) is 4.50. The van der Waals surface area contributed by atoms with E-state index in [1.165, 1.54) is 6.26 Å². The summed E-state index contributed by atoms with van der Waals surface area (Å²) in [6, 6.07) is 8.11. The lowest BCUT2D eigenvalue weighted by molar-refractivity contribution is -0.132. The maximum Gasteiger partial charge on any atom is 0.286 e. The van der Waals surface area contributed by atoms with E-state index >= 15 is 0 Å². The van der Waals surface area contributed by atoms with E-state index in [0.717, 1.165) is 6.42 Å². The van der Waals surface area contributed by atoms with Crippen LogP contribution in [-0.4, -0.2) is 39.8 Å². The van der Waals surface area contributed by atoms with Crippen molar-refractivity contribution in [2.45, 2.75) is 32.7 Å². The molecule has 0 aliphatic rings. The number of nitrogens with one attached hydrogen (secondary N) is 2. The van der Waals surface area contributed by atoms with Crippen molar-refractivity contribution < 1.29 is 14.0 Å². The van der Waals surface area contributed by atoms with Gasteiger partial charge in [-0.15, -0.1) is 0 Å². The molecular weight excluding hydrogens is 408 g/mol. The van der Waals surface area contributed by atoms with Gasteiger partial charge in [-0.3, -0.25) is 14.4 Å². The first-order chi connectivity index (χ1) is 14.5. The highest BCUT2D eigenvalue weighted by Crippen LogP contribution is 2.15. The number of amides is 2. The minimum atomic E-state index is -0.311. The second-order valence-electron chi connectivity index (χ2n) is 6.83. The van der Waals surface area contributed by atoms with Gasteiger partial charge in [0.25, 0.3) is 11.5 Å². The molecule has 0 aliphatic carbocycles. The van der Waals surface area contributed by atoms with Gasteiger partial charge in [0.15, 0.2) is 5.76 Å². The second kappa shape index (κ2) is 10.1. The highest BCUT2D eigenvalue weighted by Gasteiger charge is 2.16. The van der Waals surface area contributed by atoms with Crippen molar-refractivity contribution in [1.82, 2.24) is 20.2 Å². The molecule has 1 aromatic carbocycles. The van der Waals surface area contributed by atoms with Gasteiger partial charge in [-0.25, -0.2) is 4.98 Å². The van der Waals surface area contributed by atoms with Crippen LogP contribution in [0.4, 0.5) is 0 Å². The van der Waals surface area contributed by atoms with Gasteiger partial charge in [-0.2, -0.15) is 0 Å². The smallest absolute Gasteiger partial charge is 0.286 e. The van der Waals surface area contributed by atoms with Crippen LogP contribution in [0, 0.1) is 0 Å². The Morgan fingerprint density at radius 2 is 2.13 bits per heavy atom. The van der Waals surface area contributed by atoms with E-state index in [-0.39, 0.29) is 36.1 Å². The van der Waals surface area contributed by atoms with Crippen molar-refractivity contribution in [3.05, 3.63) is 63.6 Å². The summed E-state index contributed by atoms with van der Waals surface area (Å²) in [4.78, 5) is 45.7. The van der Waals surface area contributed by atoms with E-state index < -0.39 is 0 Å². The van der Waals surface area contributed by atoms with Crippen LogP contribution >= 0.6 is 11.6 Å². The van der Waals surface area contributed by atoms with Crippen molar-refractivity contribution >= 4 is 34.3 Å². The zero-order valence-electron chi connectivity index (χ0n) is 16.6. The summed E-state index contributed by atoms with van der Waals surface area (Å²) < 4.78 is 5.03. The van der Waals surface area contributed by atoms with Crippen LogP contribution in [0.3, 0.4) is 0 Å². The molecule has 3 rings (SSSR count). The number of carbonyl (C=O) groups is 2. The monoisotopic (exact) mass is 430 g/mol. The minimum Gasteiger partial charge on any atom is -0.459 e. The molecule has 158 valence electrons. The number of hydrogen-bond donors (Lipinski definition) is 2. The van der Waals surface area contributed by atoms with Gasteiger partial charge in [0, 0.05) is 24.5 Å². The maximum absolute atomic E-state index is 12.7. The Hall–Kier alpha value is -3.13. The standard InChI is InChI=1S/C21H23ClN4O4/c1-2-10-26(19(27)6-3-9-23-21(29)17-5-4-11-30-17)13-18-24-16-12-14(22)7-8-15(16)20(28)25-18/h4-5,7-8,11-12H,2-3,6,9-10,13H2,1H3,(H,23,29)(H,24,25,28). The molecule has 0 fully saturated rings. The van der Waals surface area contributed by atoms with Gasteiger partial charge < -0.3 is 19.6 Å². The van der Waals surface area contributed by atoms with Crippen LogP contribution < -0.4 is 10.9 Å². The Kier molecular flexibility index (Phi) is 7.24. The van der Waals surface area contributed by atoms with E-state index in [1.54, 1.807) is 35.2 Å². The summed E-state index contributed by atoms with van der Waals surface area (Å²) in [6.07, 6.45) is 2.95. The van der Waals surface area contributed by atoms with Crippen molar-refractivity contribution in [3.63, 3.8) is 0 Å². The lowest BCUT2D eigenvalue weighted by Gasteiger charge is -2.21. The summed E-state index contributed by atoms with van der Waals surface area (Å²) in [7, 11) is 0. The molecular formula is C21H23ClN4O4. The van der Waals surface area contributed by atoms with Crippen LogP contribution in [0.1, 0.15) is 42.6 Å². The number of carbonyl (C=O) groups excluding carboxylic acids is 2. The van der Waals surface area contributed by atoms with Gasteiger partial charge in [0.2, 0.25) is 5.91 Å². The SMILES string of the molecule is CCCN(Cc1nc2cc(Cl)ccc2c(=O)[nH]1)C(=O)CCCNC(=O)c1ccco1. The van der Waals surface area contributed by atoms with E-state index in [0.29, 0.717) is 41.3 Å². The summed E-state index contributed by atoms with van der Waals surface area (Å²) >= 11 is 6.00. The van der Waals surface area contributed by atoms with E-state index in [9.17, 15) is 14.4 Å². The Labute approximate surface area is 178 Å². The normalized spacial score (nSPS) is 10.9. The number of fused-ring (bicyclic) bond motifs is 1. The molecule has 3 aromatic rings. The fraction of sp³-hybridized carbons (Fsp3) is 0.333. The number of rotatable bonds is 9. The molecule has 30 heavy (non-hydrogen) atoms. The summed E-state index contributed by atoms with van der Waals surface area (Å²) in [5.41, 5.74) is 0.224. The van der Waals surface area contributed by atoms with Gasteiger partial charge in [-0.1, -0.05) is 18.5 Å². The minimum absolute atomic E-state index is 0.0714. The van der Waals surface area contributed by atoms with E-state index in [2.05, 4.69) is 15.3 Å². The molecule has 9 heteroatoms. The quantitative estimate of drug-likeness (QED) is 0.507. The molecule has 0 saturated carbocycles. The zero-order valence-corrected chi connectivity index (χ0v) is 17.4. The highest BCUT2D eigenvalue weighted by molar-refractivity contribution is 6.31. The summed E-state index contributed by atoms with van der Waals surface area (Å²) in [5.74, 6) is 0.260. The molecule has 2 aromatic heterocycles. The molecule has 0 atom stereocenters. The number of aromatic amines is 1. The molecule has 8 nitrogen and oxygen atoms in total. The van der Waals surface area contributed by atoms with E-state index in [1.807, 2.05) is 6.92 Å². The molecule has 0 unspecified atom stereocenters. The van der Waals surface area contributed by atoms with Crippen LogP contribution in [0.25, 0.3) is 10.9 Å². The topological polar surface area (TPSA) is 108 Å². The first kappa shape index (κ1) is 21.6. The molecule has 2 N–H and O–H groups in total. The number of aromatic nitrogens is 2. The van der Waals surface area contributed by atoms with Gasteiger partial charge in [0.1, 0.15) is 5.82 Å². The number of hydrogen-bond acceptors (Lipinski definition) is 5. The zero-order chi connectivity index (χ0) is 21.5. The molecule has 0 aliphatic heterocycles. The number of benzene rings is 1. The Morgan fingerprint density at radius 3 is 2.87 bits per heavy atom. The predicted octanol–water partition coefficient (Wildman–Crippen LogP) is 3.12. The number of nitrogens with zero attached hydrogens (tertiary/aromatic N) is 2. The van der Waals surface area contributed by atoms with Crippen LogP contribution in [0.15, 0.2) is 45.8 Å². The molecule has 0 bridgehead atoms. The summed E-state index contributed by atoms with van der Waals surface area (Å²) in [6.45, 7) is 3.06. The molecule has 2 amide bonds. The molecule has 0 saturated heterocycles. The van der Waals surface area contributed by atoms with Crippen molar-refractivity contribution in [2.24, 2.45) is 0 Å². The molecule has 2 heterocycles. The number of H-pyrrole nitrogens is 1. The largest absolute Gasteiger partial charge is 0.459 e. The first-order valence-electron chi connectivity index (χ1n) is 9.76. The number of furan rings is 1. The van der Waals surface area contributed by atoms with Gasteiger partial charge in [-0.05, 0) is 43.2 Å². The van der Waals surface area contributed by atoms with Gasteiger partial charge in [0.05, 0.1) is 23.7 Å². The molecule has 0 spiro atoms. The lowest BCUT2D eigenvalue weighted by atomic mass is 10.2. The average Bonchev–Trinajstić information content (AvgIpc) is 3.25. The first-order valence-corrected chi connectivity index (χ1v) is 10.1. The van der Waals surface area contributed by atoms with Crippen molar-refractivity contribution in [2.75, 3.05) is 13.1 Å². The number of halogens is 1.